The summed E-state index contributed by atoms with van der Waals surface area (Å²) in [5, 5.41) is 3.45. The van der Waals surface area contributed by atoms with E-state index in [0.29, 0.717) is 6.04 Å². The minimum atomic E-state index is 0.668. The van der Waals surface area contributed by atoms with Crippen LogP contribution in [0.15, 0.2) is 29.2 Å². The third kappa shape index (κ3) is 4.72. The van der Waals surface area contributed by atoms with Crippen molar-refractivity contribution in [1.82, 2.24) is 5.32 Å². The van der Waals surface area contributed by atoms with Gasteiger partial charge in [-0.05, 0) is 44.9 Å². The second kappa shape index (κ2) is 6.46. The average molecular weight is 249 g/mol. The van der Waals surface area contributed by atoms with Crippen molar-refractivity contribution in [2.24, 2.45) is 5.92 Å². The van der Waals surface area contributed by atoms with Gasteiger partial charge in [-0.1, -0.05) is 30.5 Å². The molecule has 1 aromatic rings. The fourth-order valence-electron chi connectivity index (χ4n) is 2.06. The van der Waals surface area contributed by atoms with Crippen LogP contribution in [0, 0.1) is 12.8 Å². The van der Waals surface area contributed by atoms with E-state index in [9.17, 15) is 0 Å². The quantitative estimate of drug-likeness (QED) is 0.736. The third-order valence-corrected chi connectivity index (χ3v) is 4.63. The maximum Gasteiger partial charge on any atom is 0.0158 e. The Morgan fingerprint density at radius 1 is 1.41 bits per heavy atom. The molecular weight excluding hydrogens is 226 g/mol. The summed E-state index contributed by atoms with van der Waals surface area (Å²) >= 11 is 1.98. The van der Waals surface area contributed by atoms with Crippen molar-refractivity contribution in [3.8, 4) is 0 Å². The van der Waals surface area contributed by atoms with Crippen LogP contribution in [0.25, 0.3) is 0 Å². The highest BCUT2D eigenvalue weighted by atomic mass is 32.2. The molecule has 1 nitrogen and oxygen atoms in total. The molecule has 1 fully saturated rings. The highest BCUT2D eigenvalue weighted by Gasteiger charge is 2.22. The molecule has 0 amide bonds. The molecule has 1 aromatic carbocycles. The summed E-state index contributed by atoms with van der Waals surface area (Å²) < 4.78 is 0. The number of rotatable bonds is 7. The summed E-state index contributed by atoms with van der Waals surface area (Å²) in [6.07, 6.45) is 5.70. The second-order valence-corrected chi connectivity index (χ2v) is 6.23. The lowest BCUT2D eigenvalue weighted by atomic mass is 10.1. The van der Waals surface area contributed by atoms with Crippen molar-refractivity contribution < 1.29 is 0 Å². The van der Waals surface area contributed by atoms with Gasteiger partial charge in [0.1, 0.15) is 0 Å². The predicted molar refractivity (Wildman–Crippen MR) is 76.7 cm³/mol. The van der Waals surface area contributed by atoms with Gasteiger partial charge < -0.3 is 5.32 Å². The fourth-order valence-corrected chi connectivity index (χ4v) is 3.23. The van der Waals surface area contributed by atoms with Gasteiger partial charge in [0, 0.05) is 16.7 Å². The van der Waals surface area contributed by atoms with Crippen LogP contribution < -0.4 is 5.32 Å². The van der Waals surface area contributed by atoms with Crippen LogP contribution in [0.1, 0.15) is 31.2 Å². The Bertz CT molecular complexity index is 347. The van der Waals surface area contributed by atoms with Gasteiger partial charge in [0.2, 0.25) is 0 Å². The molecule has 0 bridgehead atoms. The standard InChI is InChI=1S/C15H23NS/c1-12-4-3-5-15(10-12)17-11-14(16-2)9-8-13-6-7-13/h3-5,10,13-14,16H,6-9,11H2,1-2H3. The first-order valence-corrected chi connectivity index (χ1v) is 7.63. The first-order chi connectivity index (χ1) is 8.28. The molecule has 0 heterocycles. The Balaban J connectivity index is 1.74. The number of hydrogen-bond acceptors (Lipinski definition) is 2. The van der Waals surface area contributed by atoms with Gasteiger partial charge in [0.05, 0.1) is 0 Å². The van der Waals surface area contributed by atoms with Crippen molar-refractivity contribution >= 4 is 11.8 Å². The Kier molecular flexibility index (Phi) is 4.93. The number of thioether (sulfide) groups is 1. The van der Waals surface area contributed by atoms with E-state index in [1.54, 1.807) is 0 Å². The molecule has 2 rings (SSSR count). The molecule has 1 unspecified atom stereocenters. The Morgan fingerprint density at radius 2 is 2.24 bits per heavy atom. The molecule has 0 aliphatic heterocycles. The van der Waals surface area contributed by atoms with Gasteiger partial charge in [-0.15, -0.1) is 11.8 Å². The van der Waals surface area contributed by atoms with Crippen LogP contribution in [-0.4, -0.2) is 18.8 Å². The molecule has 0 aromatic heterocycles. The van der Waals surface area contributed by atoms with Gasteiger partial charge in [-0.2, -0.15) is 0 Å². The largest absolute Gasteiger partial charge is 0.316 e. The number of benzene rings is 1. The van der Waals surface area contributed by atoms with E-state index in [1.807, 2.05) is 11.8 Å². The zero-order chi connectivity index (χ0) is 12.1. The SMILES string of the molecule is CNC(CCC1CC1)CSc1cccc(C)c1. The molecule has 2 heteroatoms. The van der Waals surface area contributed by atoms with Crippen molar-refractivity contribution in [2.45, 2.75) is 43.5 Å². The van der Waals surface area contributed by atoms with E-state index in [1.165, 1.54) is 41.9 Å². The first kappa shape index (κ1) is 13.0. The minimum absolute atomic E-state index is 0.668. The fraction of sp³-hybridized carbons (Fsp3) is 0.600. The van der Waals surface area contributed by atoms with Gasteiger partial charge in [0.25, 0.3) is 0 Å². The third-order valence-electron chi connectivity index (χ3n) is 3.47. The predicted octanol–water partition coefficient (Wildman–Crippen LogP) is 3.87. The zero-order valence-electron chi connectivity index (χ0n) is 10.9. The monoisotopic (exact) mass is 249 g/mol. The Morgan fingerprint density at radius 3 is 2.88 bits per heavy atom. The summed E-state index contributed by atoms with van der Waals surface area (Å²) in [6.45, 7) is 2.16. The molecule has 1 atom stereocenters. The van der Waals surface area contributed by atoms with E-state index in [4.69, 9.17) is 0 Å². The summed E-state index contributed by atoms with van der Waals surface area (Å²) in [5.41, 5.74) is 1.36. The first-order valence-electron chi connectivity index (χ1n) is 6.64. The minimum Gasteiger partial charge on any atom is -0.316 e. The normalized spacial score (nSPS) is 17.1. The van der Waals surface area contributed by atoms with Crippen LogP contribution >= 0.6 is 11.8 Å². The van der Waals surface area contributed by atoms with Gasteiger partial charge in [-0.3, -0.25) is 0 Å². The lowest BCUT2D eigenvalue weighted by molar-refractivity contribution is 0.526. The highest BCUT2D eigenvalue weighted by molar-refractivity contribution is 7.99. The van der Waals surface area contributed by atoms with Gasteiger partial charge >= 0.3 is 0 Å². The highest BCUT2D eigenvalue weighted by Crippen LogP contribution is 2.34. The van der Waals surface area contributed by atoms with Gasteiger partial charge in [0.15, 0.2) is 0 Å². The molecular formula is C15H23NS. The lowest BCUT2D eigenvalue weighted by Gasteiger charge is -2.15. The van der Waals surface area contributed by atoms with E-state index < -0.39 is 0 Å². The van der Waals surface area contributed by atoms with Crippen molar-refractivity contribution in [3.63, 3.8) is 0 Å². The van der Waals surface area contributed by atoms with Gasteiger partial charge in [-0.25, -0.2) is 0 Å². The number of hydrogen-bond donors (Lipinski definition) is 1. The average Bonchev–Trinajstić information content (AvgIpc) is 3.13. The lowest BCUT2D eigenvalue weighted by Crippen LogP contribution is -2.27. The topological polar surface area (TPSA) is 12.0 Å². The summed E-state index contributed by atoms with van der Waals surface area (Å²) in [5.74, 6) is 2.24. The Labute approximate surface area is 109 Å². The van der Waals surface area contributed by atoms with Crippen LogP contribution in [0.2, 0.25) is 0 Å². The maximum absolute atomic E-state index is 3.45. The molecule has 1 N–H and O–H groups in total. The van der Waals surface area contributed by atoms with Crippen molar-refractivity contribution in [3.05, 3.63) is 29.8 Å². The van der Waals surface area contributed by atoms with Crippen LogP contribution in [-0.2, 0) is 0 Å². The zero-order valence-corrected chi connectivity index (χ0v) is 11.7. The Hall–Kier alpha value is -0.470. The molecule has 0 radical (unpaired) electrons. The molecule has 17 heavy (non-hydrogen) atoms. The molecule has 1 aliphatic carbocycles. The maximum atomic E-state index is 3.45. The molecule has 1 saturated carbocycles. The molecule has 0 saturated heterocycles. The number of nitrogens with one attached hydrogen (secondary N) is 1. The van der Waals surface area contributed by atoms with E-state index in [-0.39, 0.29) is 0 Å². The summed E-state index contributed by atoms with van der Waals surface area (Å²) in [7, 11) is 2.09. The van der Waals surface area contributed by atoms with Crippen LogP contribution in [0.5, 0.6) is 0 Å². The van der Waals surface area contributed by atoms with E-state index in [2.05, 4.69) is 43.6 Å². The van der Waals surface area contributed by atoms with E-state index in [0.717, 1.165) is 5.92 Å². The summed E-state index contributed by atoms with van der Waals surface area (Å²) in [6, 6.07) is 9.47. The molecule has 0 spiro atoms. The van der Waals surface area contributed by atoms with E-state index >= 15 is 0 Å². The van der Waals surface area contributed by atoms with Crippen molar-refractivity contribution in [1.29, 1.82) is 0 Å². The molecule has 1 aliphatic rings. The van der Waals surface area contributed by atoms with Crippen LogP contribution in [0.3, 0.4) is 0 Å². The second-order valence-electron chi connectivity index (χ2n) is 5.13. The smallest absolute Gasteiger partial charge is 0.0158 e. The van der Waals surface area contributed by atoms with Crippen molar-refractivity contribution in [2.75, 3.05) is 12.8 Å². The molecule has 94 valence electrons. The number of aryl methyl sites for hydroxylation is 1. The van der Waals surface area contributed by atoms with Crippen LogP contribution in [0.4, 0.5) is 0 Å². The summed E-state index contributed by atoms with van der Waals surface area (Å²) in [4.78, 5) is 1.40.